The van der Waals surface area contributed by atoms with Crippen LogP contribution in [-0.4, -0.2) is 58.6 Å². The summed E-state index contributed by atoms with van der Waals surface area (Å²) in [6.07, 6.45) is 0.0951. The third kappa shape index (κ3) is 8.26. The van der Waals surface area contributed by atoms with Crippen LogP contribution in [0.5, 0.6) is 5.75 Å². The molecule has 3 unspecified atom stereocenters. The number of phenols is 1. The maximum Gasteiger partial charge on any atom is 0.326 e. The number of aliphatic carboxylic acids is 1. The van der Waals surface area contributed by atoms with Crippen molar-refractivity contribution in [3.8, 4) is 5.75 Å². The number of hydrogen-bond donors (Lipinski definition) is 6. The topological polar surface area (TPSA) is 171 Å². The van der Waals surface area contributed by atoms with Crippen molar-refractivity contribution < 1.29 is 29.4 Å². The van der Waals surface area contributed by atoms with Gasteiger partial charge in [0.05, 0.1) is 6.54 Å². The molecule has 7 N–H and O–H groups in total. The average Bonchev–Trinajstić information content (AvgIpc) is 2.79. The molecule has 176 valence electrons. The average molecular weight is 456 g/mol. The second-order valence-electron chi connectivity index (χ2n) is 7.51. The summed E-state index contributed by atoms with van der Waals surface area (Å²) in [4.78, 5) is 48.8. The molecule has 0 saturated heterocycles. The first-order valence-electron chi connectivity index (χ1n) is 10.3. The summed E-state index contributed by atoms with van der Waals surface area (Å²) in [5.74, 6) is -3.03. The zero-order chi connectivity index (χ0) is 24.4. The lowest BCUT2D eigenvalue weighted by molar-refractivity contribution is -0.142. The highest BCUT2D eigenvalue weighted by Crippen LogP contribution is 2.12. The fraction of sp³-hybridized carbons (Fsp3) is 0.304. The van der Waals surface area contributed by atoms with Crippen molar-refractivity contribution in [2.24, 2.45) is 5.73 Å². The van der Waals surface area contributed by atoms with Crippen molar-refractivity contribution in [2.45, 2.75) is 37.9 Å². The van der Waals surface area contributed by atoms with Gasteiger partial charge in [-0.15, -0.1) is 0 Å². The third-order valence-electron chi connectivity index (χ3n) is 4.86. The van der Waals surface area contributed by atoms with Crippen LogP contribution in [0.1, 0.15) is 18.1 Å². The number of benzene rings is 2. The molecule has 0 radical (unpaired) electrons. The fourth-order valence-electron chi connectivity index (χ4n) is 3.06. The summed E-state index contributed by atoms with van der Waals surface area (Å²) in [6, 6.07) is 11.6. The van der Waals surface area contributed by atoms with E-state index < -0.39 is 41.8 Å². The quantitative estimate of drug-likeness (QED) is 0.269. The van der Waals surface area contributed by atoms with E-state index in [1.807, 2.05) is 0 Å². The van der Waals surface area contributed by atoms with E-state index in [2.05, 4.69) is 16.0 Å². The van der Waals surface area contributed by atoms with Gasteiger partial charge in [0, 0.05) is 12.8 Å². The van der Waals surface area contributed by atoms with Crippen LogP contribution in [-0.2, 0) is 32.0 Å². The van der Waals surface area contributed by atoms with E-state index in [1.165, 1.54) is 19.1 Å². The molecule has 0 bridgehead atoms. The van der Waals surface area contributed by atoms with Gasteiger partial charge in [-0.1, -0.05) is 42.5 Å². The van der Waals surface area contributed by atoms with Gasteiger partial charge in [-0.2, -0.15) is 0 Å². The van der Waals surface area contributed by atoms with Crippen molar-refractivity contribution in [3.63, 3.8) is 0 Å². The number of carbonyl (C=O) groups is 4. The van der Waals surface area contributed by atoms with Crippen LogP contribution in [0.15, 0.2) is 54.6 Å². The van der Waals surface area contributed by atoms with E-state index in [4.69, 9.17) is 5.73 Å². The third-order valence-corrected chi connectivity index (χ3v) is 4.86. The summed E-state index contributed by atoms with van der Waals surface area (Å²) in [5.41, 5.74) is 6.60. The lowest BCUT2D eigenvalue weighted by Crippen LogP contribution is -2.56. The first kappa shape index (κ1) is 25.3. The largest absolute Gasteiger partial charge is 0.508 e. The molecule has 0 aliphatic rings. The molecule has 0 aliphatic carbocycles. The number of hydrogen-bond acceptors (Lipinski definition) is 6. The van der Waals surface area contributed by atoms with Crippen LogP contribution < -0.4 is 21.7 Å². The number of carbonyl (C=O) groups excluding carboxylic acids is 3. The molecule has 10 nitrogen and oxygen atoms in total. The number of phenolic OH excluding ortho intramolecular Hbond substituents is 1. The van der Waals surface area contributed by atoms with Crippen molar-refractivity contribution in [1.82, 2.24) is 16.0 Å². The molecule has 3 atom stereocenters. The van der Waals surface area contributed by atoms with Crippen LogP contribution in [0.4, 0.5) is 0 Å². The van der Waals surface area contributed by atoms with Gasteiger partial charge < -0.3 is 31.9 Å². The Morgan fingerprint density at radius 2 is 1.36 bits per heavy atom. The Labute approximate surface area is 191 Å². The van der Waals surface area contributed by atoms with Gasteiger partial charge in [-0.25, -0.2) is 4.79 Å². The Bertz CT molecular complexity index is 965. The summed E-state index contributed by atoms with van der Waals surface area (Å²) in [7, 11) is 0. The molecule has 0 spiro atoms. The lowest BCUT2D eigenvalue weighted by Gasteiger charge is -2.23. The van der Waals surface area contributed by atoms with E-state index in [0.29, 0.717) is 5.56 Å². The van der Waals surface area contributed by atoms with Crippen LogP contribution in [0.3, 0.4) is 0 Å². The predicted molar refractivity (Wildman–Crippen MR) is 120 cm³/mol. The molecule has 2 aromatic carbocycles. The Hall–Kier alpha value is -3.92. The van der Waals surface area contributed by atoms with Crippen molar-refractivity contribution in [3.05, 3.63) is 65.7 Å². The van der Waals surface area contributed by atoms with Crippen molar-refractivity contribution in [1.29, 1.82) is 0 Å². The molecule has 10 heteroatoms. The maximum atomic E-state index is 13.0. The summed E-state index contributed by atoms with van der Waals surface area (Å²) >= 11 is 0. The molecule has 0 fully saturated rings. The van der Waals surface area contributed by atoms with E-state index in [1.54, 1.807) is 42.5 Å². The standard InChI is InChI=1S/C23H28N4O6/c1-14(25-20(29)13-24)21(30)26-18(11-15-5-3-2-4-6-15)22(31)27-19(23(32)33)12-16-7-9-17(28)10-8-16/h2-10,14,18-19,28H,11-13,24H2,1H3,(H,25,29)(H,26,30)(H,27,31)(H,32,33). The number of nitrogens with one attached hydrogen (secondary N) is 3. The molecule has 0 aromatic heterocycles. The van der Waals surface area contributed by atoms with Crippen LogP contribution in [0.2, 0.25) is 0 Å². The number of amides is 3. The van der Waals surface area contributed by atoms with Crippen LogP contribution in [0.25, 0.3) is 0 Å². The molecule has 0 aliphatic heterocycles. The van der Waals surface area contributed by atoms with E-state index in [0.717, 1.165) is 5.56 Å². The number of carboxylic acid groups (broad SMARTS) is 1. The summed E-state index contributed by atoms with van der Waals surface area (Å²) < 4.78 is 0. The predicted octanol–water partition coefficient (Wildman–Crippen LogP) is -0.305. The number of aromatic hydroxyl groups is 1. The highest BCUT2D eigenvalue weighted by Gasteiger charge is 2.28. The molecule has 0 heterocycles. The molecule has 0 saturated carbocycles. The Balaban J connectivity index is 2.16. The molecule has 33 heavy (non-hydrogen) atoms. The molecule has 2 rings (SSSR count). The highest BCUT2D eigenvalue weighted by molar-refractivity contribution is 5.93. The van der Waals surface area contributed by atoms with E-state index >= 15 is 0 Å². The molecule has 3 amide bonds. The normalized spacial score (nSPS) is 13.3. The minimum atomic E-state index is -1.26. The second kappa shape index (κ2) is 12.2. The molecule has 2 aromatic rings. The minimum Gasteiger partial charge on any atom is -0.508 e. The van der Waals surface area contributed by atoms with Gasteiger partial charge in [-0.3, -0.25) is 14.4 Å². The van der Waals surface area contributed by atoms with Gasteiger partial charge in [0.15, 0.2) is 0 Å². The monoisotopic (exact) mass is 456 g/mol. The number of rotatable bonds is 11. The van der Waals surface area contributed by atoms with Crippen molar-refractivity contribution >= 4 is 23.7 Å². The van der Waals surface area contributed by atoms with Crippen LogP contribution in [0, 0.1) is 0 Å². The van der Waals surface area contributed by atoms with Gasteiger partial charge >= 0.3 is 5.97 Å². The number of nitrogens with two attached hydrogens (primary N) is 1. The first-order chi connectivity index (χ1) is 15.7. The van der Waals surface area contributed by atoms with Gasteiger partial charge in [0.1, 0.15) is 23.9 Å². The Morgan fingerprint density at radius 1 is 0.818 bits per heavy atom. The Morgan fingerprint density at radius 3 is 1.94 bits per heavy atom. The number of carboxylic acids is 1. The van der Waals surface area contributed by atoms with Crippen molar-refractivity contribution in [2.75, 3.05) is 6.54 Å². The van der Waals surface area contributed by atoms with E-state index in [9.17, 15) is 29.4 Å². The zero-order valence-corrected chi connectivity index (χ0v) is 18.2. The lowest BCUT2D eigenvalue weighted by atomic mass is 10.0. The summed E-state index contributed by atoms with van der Waals surface area (Å²) in [5, 5.41) is 26.5. The maximum absolute atomic E-state index is 13.0. The second-order valence-corrected chi connectivity index (χ2v) is 7.51. The first-order valence-corrected chi connectivity index (χ1v) is 10.3. The highest BCUT2D eigenvalue weighted by atomic mass is 16.4. The molecular weight excluding hydrogens is 428 g/mol. The fourth-order valence-corrected chi connectivity index (χ4v) is 3.06. The Kier molecular flexibility index (Phi) is 9.37. The molecular formula is C23H28N4O6. The van der Waals surface area contributed by atoms with E-state index in [-0.39, 0.29) is 25.1 Å². The smallest absolute Gasteiger partial charge is 0.326 e. The van der Waals surface area contributed by atoms with Gasteiger partial charge in [0.2, 0.25) is 17.7 Å². The zero-order valence-electron chi connectivity index (χ0n) is 18.2. The van der Waals surface area contributed by atoms with Gasteiger partial charge in [-0.05, 0) is 30.2 Å². The SMILES string of the molecule is CC(NC(=O)CN)C(=O)NC(Cc1ccccc1)C(=O)NC(Cc1ccc(O)cc1)C(=O)O. The van der Waals surface area contributed by atoms with Crippen LogP contribution >= 0.6 is 0 Å². The summed E-state index contributed by atoms with van der Waals surface area (Å²) in [6.45, 7) is 1.16. The minimum absolute atomic E-state index is 0.0175. The van der Waals surface area contributed by atoms with Gasteiger partial charge in [0.25, 0.3) is 0 Å².